The number of aliphatic hydroxyl groups is 2. The second-order valence-electron chi connectivity index (χ2n) is 22.1. The van der Waals surface area contributed by atoms with Gasteiger partial charge in [0.1, 0.15) is 17.4 Å². The molecule has 2 bridgehead atoms. The average molecular weight is 1000 g/mol. The Morgan fingerprint density at radius 3 is 2.66 bits per heavy atom. The number of fused-ring (bicyclic) bond motifs is 5. The molecular formula is C61H70N4O9. The lowest BCUT2D eigenvalue weighted by Gasteiger charge is -2.47. The van der Waals surface area contributed by atoms with Gasteiger partial charge >= 0.3 is 0 Å². The number of anilines is 1. The molecule has 13 nitrogen and oxygen atoms in total. The van der Waals surface area contributed by atoms with Crippen molar-refractivity contribution < 1.29 is 44.9 Å². The van der Waals surface area contributed by atoms with Crippen molar-refractivity contribution >= 4 is 22.2 Å². The number of Topliss-reactive ketones (excluding diaryl/α,β-unsaturated/α-hetero) is 1. The molecule has 0 radical (unpaired) electrons. The van der Waals surface area contributed by atoms with Crippen LogP contribution in [-0.4, -0.2) is 87.0 Å². The lowest BCUT2D eigenvalue weighted by molar-refractivity contribution is -0.134. The van der Waals surface area contributed by atoms with Crippen LogP contribution in [0.1, 0.15) is 110 Å². The van der Waals surface area contributed by atoms with Gasteiger partial charge in [-0.1, -0.05) is 55.5 Å². The third kappa shape index (κ3) is 9.32. The van der Waals surface area contributed by atoms with Gasteiger partial charge in [0, 0.05) is 71.7 Å². The standard InChI is InChI=1S/C61H70N4O9/c1-34-5-3-6-35(23-34)33-74-54-29-40(28-53(71)59(54)72)39-24-41(32-62-2)56-45-12-11-44(66)25-37(45)10-14-48(56)65-55-30-42(17-21-64-55)61(19-16-49(67)47(61)31-43-7-4-20-63-43)58(52(70)27-39)51(69)26-38-9-8-36-18-22-73-60-50(68)15-13-46(38)57(36)60/h3-4,6-15,17,20,25,28-30,34-36,38-39,41,47,49,51,58,62-69,71-72H,5,16,18-19,21-24,26-27,31-33H2,1-2H3. The Bertz CT molecular complexity index is 3030. The number of H-pyrrole nitrogens is 1. The number of aliphatic hydroxyl groups excluding tert-OH is 2. The summed E-state index contributed by atoms with van der Waals surface area (Å²) >= 11 is 0. The van der Waals surface area contributed by atoms with E-state index in [1.54, 1.807) is 30.3 Å². The molecular weight excluding hydrogens is 933 g/mol. The van der Waals surface area contributed by atoms with Crippen LogP contribution < -0.4 is 25.4 Å². The largest absolute Gasteiger partial charge is 0.508 e. The van der Waals surface area contributed by atoms with Gasteiger partial charge in [-0.3, -0.25) is 4.79 Å². The summed E-state index contributed by atoms with van der Waals surface area (Å²) in [6, 6.07) is 20.3. The van der Waals surface area contributed by atoms with Gasteiger partial charge in [0.15, 0.2) is 23.0 Å². The predicted molar refractivity (Wildman–Crippen MR) is 286 cm³/mol. The molecule has 1 aromatic heterocycles. The summed E-state index contributed by atoms with van der Waals surface area (Å²) in [5.74, 6) is -1.40. The molecule has 0 saturated heterocycles. The first-order valence-corrected chi connectivity index (χ1v) is 26.7. The van der Waals surface area contributed by atoms with E-state index in [9.17, 15) is 30.6 Å². The monoisotopic (exact) mass is 1000 g/mol. The number of likely N-dealkylation sites (N-methyl/N-ethyl adjacent to an activating group) is 1. The maximum absolute atomic E-state index is 16.6. The maximum Gasteiger partial charge on any atom is 0.200 e. The van der Waals surface area contributed by atoms with Gasteiger partial charge in [0.2, 0.25) is 5.75 Å². The molecule has 6 aliphatic rings. The van der Waals surface area contributed by atoms with Crippen LogP contribution in [0.5, 0.6) is 34.5 Å². The fourth-order valence-electron chi connectivity index (χ4n) is 14.0. The SMILES string of the molecule is CNCC1CC(c2cc(O)c(O)c(OCC3C=CCC(C)C3)c2)CC(=O)C(C(O)CC2C=CC3CCOc4c(O)ccc2c43)C2(CCC(O)C2Cc2ccc[nH]2)C2=CCNC(=C2)Nc2ccc3cc(O)ccc3c21. The van der Waals surface area contributed by atoms with Crippen molar-refractivity contribution in [1.82, 2.24) is 15.6 Å². The van der Waals surface area contributed by atoms with Crippen molar-refractivity contribution in [2.45, 2.75) is 101 Å². The first-order valence-electron chi connectivity index (χ1n) is 26.7. The number of rotatable bonds is 11. The molecule has 11 atom stereocenters. The molecule has 11 rings (SSSR count). The number of hydrogen-bond donors (Lipinski definition) is 10. The number of aromatic hydroxyl groups is 4. The van der Waals surface area contributed by atoms with Crippen LogP contribution in [0, 0.1) is 29.1 Å². The van der Waals surface area contributed by atoms with Crippen molar-refractivity contribution in [2.24, 2.45) is 29.1 Å². The topological polar surface area (TPSA) is 209 Å². The number of benzene rings is 4. The highest BCUT2D eigenvalue weighted by Crippen LogP contribution is 2.59. The Kier molecular flexibility index (Phi) is 13.8. The number of ether oxygens (including phenoxy) is 2. The van der Waals surface area contributed by atoms with E-state index in [0.717, 1.165) is 63.7 Å². The summed E-state index contributed by atoms with van der Waals surface area (Å²) in [5.41, 5.74) is 4.99. The van der Waals surface area contributed by atoms with Gasteiger partial charge in [-0.25, -0.2) is 0 Å². The number of hydrogen-bond acceptors (Lipinski definition) is 12. The fraction of sp³-hybridized carbons (Fsp3) is 0.426. The zero-order valence-electron chi connectivity index (χ0n) is 42.3. The Labute approximate surface area is 432 Å². The summed E-state index contributed by atoms with van der Waals surface area (Å²) in [4.78, 5) is 20.0. The molecule has 4 heterocycles. The molecule has 13 heteroatoms. The van der Waals surface area contributed by atoms with E-state index in [4.69, 9.17) is 9.47 Å². The third-order valence-corrected chi connectivity index (χ3v) is 17.4. The molecule has 3 aliphatic heterocycles. The molecule has 0 amide bonds. The number of carbonyl (C=O) groups is 1. The Hall–Kier alpha value is -6.67. The van der Waals surface area contributed by atoms with Gasteiger partial charge in [0.05, 0.1) is 31.3 Å². The van der Waals surface area contributed by atoms with E-state index >= 15 is 4.79 Å². The second-order valence-corrected chi connectivity index (χ2v) is 22.1. The first-order chi connectivity index (χ1) is 35.9. The number of carbonyl (C=O) groups excluding carboxylic acids is 1. The van der Waals surface area contributed by atoms with Gasteiger partial charge in [0.25, 0.3) is 0 Å². The van der Waals surface area contributed by atoms with Crippen LogP contribution in [0.2, 0.25) is 0 Å². The Morgan fingerprint density at radius 1 is 0.959 bits per heavy atom. The maximum atomic E-state index is 16.6. The molecule has 74 heavy (non-hydrogen) atoms. The van der Waals surface area contributed by atoms with Gasteiger partial charge in [-0.05, 0) is 164 Å². The van der Waals surface area contributed by atoms with E-state index < -0.39 is 35.4 Å². The smallest absolute Gasteiger partial charge is 0.200 e. The third-order valence-electron chi connectivity index (χ3n) is 17.4. The van der Waals surface area contributed by atoms with Gasteiger partial charge in [-0.15, -0.1) is 0 Å². The highest BCUT2D eigenvalue weighted by atomic mass is 16.5. The van der Waals surface area contributed by atoms with Crippen LogP contribution in [-0.2, 0) is 11.2 Å². The Morgan fingerprint density at radius 2 is 1.84 bits per heavy atom. The van der Waals surface area contributed by atoms with Crippen LogP contribution >= 0.6 is 0 Å². The summed E-state index contributed by atoms with van der Waals surface area (Å²) in [6.45, 7) is 3.91. The van der Waals surface area contributed by atoms with E-state index in [-0.39, 0.29) is 71.0 Å². The lowest BCUT2D eigenvalue weighted by atomic mass is 9.57. The summed E-state index contributed by atoms with van der Waals surface area (Å²) in [6.07, 6.45) is 17.1. The summed E-state index contributed by atoms with van der Waals surface area (Å²) in [5, 5.41) is 83.2. The zero-order valence-corrected chi connectivity index (χ0v) is 42.3. The fourth-order valence-corrected chi connectivity index (χ4v) is 14.0. The first kappa shape index (κ1) is 49.5. The molecule has 388 valence electrons. The number of ketones is 1. The minimum absolute atomic E-state index is 0.0511. The number of phenols is 4. The highest BCUT2D eigenvalue weighted by molar-refractivity contribution is 5.92. The summed E-state index contributed by atoms with van der Waals surface area (Å²) < 4.78 is 12.5. The lowest BCUT2D eigenvalue weighted by Crippen LogP contribution is -2.50. The molecule has 1 spiro atoms. The molecule has 1 saturated carbocycles. The summed E-state index contributed by atoms with van der Waals surface area (Å²) in [7, 11) is 1.90. The van der Waals surface area contributed by atoms with E-state index in [2.05, 4.69) is 64.3 Å². The van der Waals surface area contributed by atoms with Crippen molar-refractivity contribution in [3.05, 3.63) is 149 Å². The molecule has 10 N–H and O–H groups in total. The van der Waals surface area contributed by atoms with Gasteiger partial charge < -0.3 is 61.0 Å². The Balaban J connectivity index is 1.09. The number of nitrogens with one attached hydrogen (secondary N) is 4. The molecule has 4 aromatic carbocycles. The minimum atomic E-state index is -1.22. The van der Waals surface area contributed by atoms with Crippen molar-refractivity contribution in [2.75, 3.05) is 38.7 Å². The van der Waals surface area contributed by atoms with E-state index in [0.29, 0.717) is 75.0 Å². The number of allylic oxidation sites excluding steroid dienone is 5. The highest BCUT2D eigenvalue weighted by Gasteiger charge is 2.59. The molecule has 3 aliphatic carbocycles. The van der Waals surface area contributed by atoms with Crippen LogP contribution in [0.4, 0.5) is 5.69 Å². The van der Waals surface area contributed by atoms with Crippen molar-refractivity contribution in [1.29, 1.82) is 0 Å². The number of phenolic OH excluding ortho intramolecular Hbond substituents is 4. The van der Waals surface area contributed by atoms with Crippen LogP contribution in [0.3, 0.4) is 0 Å². The normalized spacial score (nSPS) is 28.8. The van der Waals surface area contributed by atoms with E-state index in [1.165, 1.54) is 0 Å². The van der Waals surface area contributed by atoms with Crippen LogP contribution in [0.25, 0.3) is 10.8 Å². The second kappa shape index (κ2) is 20.6. The minimum Gasteiger partial charge on any atom is -0.508 e. The predicted octanol–water partition coefficient (Wildman–Crippen LogP) is 9.79. The van der Waals surface area contributed by atoms with E-state index in [1.807, 2.05) is 49.6 Å². The molecule has 11 unspecified atom stereocenters. The number of aromatic nitrogens is 1. The van der Waals surface area contributed by atoms with Gasteiger partial charge in [-0.2, -0.15) is 0 Å². The average Bonchev–Trinajstić information content (AvgIpc) is 4.04. The molecule has 5 aromatic rings. The zero-order chi connectivity index (χ0) is 51.3. The molecule has 1 fully saturated rings. The van der Waals surface area contributed by atoms with Crippen LogP contribution in [0.15, 0.2) is 121 Å². The number of aromatic amines is 1. The van der Waals surface area contributed by atoms with Crippen molar-refractivity contribution in [3.8, 4) is 34.5 Å². The number of dihydropyridines is 1. The quantitative estimate of drug-likeness (QED) is 0.0443. The van der Waals surface area contributed by atoms with Crippen molar-refractivity contribution in [3.63, 3.8) is 0 Å².